The van der Waals surface area contributed by atoms with Gasteiger partial charge in [-0.05, 0) is 51.3 Å². The third-order valence-corrected chi connectivity index (χ3v) is 2.74. The fraction of sp³-hybridized carbons (Fsp3) is 0. The first kappa shape index (κ1) is 10.3. The molecule has 0 heterocycles. The molecule has 0 aliphatic heterocycles. The predicted octanol–water partition coefficient (Wildman–Crippen LogP) is 4.39. The highest BCUT2D eigenvalue weighted by Crippen LogP contribution is 2.24. The number of rotatable bonds is 1. The highest BCUT2D eigenvalue weighted by atomic mass is 79.9. The molecule has 0 saturated heterocycles. The van der Waals surface area contributed by atoms with Crippen LogP contribution in [0.15, 0.2) is 46.9 Å². The van der Waals surface area contributed by atoms with E-state index < -0.39 is 0 Å². The molecule has 0 atom stereocenters. The molecule has 2 rings (SSSR count). The van der Waals surface area contributed by atoms with Crippen molar-refractivity contribution in [2.24, 2.45) is 0 Å². The fourth-order valence-corrected chi connectivity index (χ4v) is 1.56. The second kappa shape index (κ2) is 4.11. The summed E-state index contributed by atoms with van der Waals surface area (Å²) in [6.07, 6.45) is 0. The average molecular weight is 269 g/mol. The van der Waals surface area contributed by atoms with Gasteiger partial charge in [0.1, 0.15) is 11.6 Å². The van der Waals surface area contributed by atoms with E-state index >= 15 is 0 Å². The van der Waals surface area contributed by atoms with E-state index in [2.05, 4.69) is 15.9 Å². The third kappa shape index (κ3) is 2.23. The van der Waals surface area contributed by atoms with Crippen LogP contribution in [0.3, 0.4) is 0 Å². The summed E-state index contributed by atoms with van der Waals surface area (Å²) in [7, 11) is 0. The van der Waals surface area contributed by atoms with Crippen LogP contribution in [0.4, 0.5) is 8.78 Å². The lowest BCUT2D eigenvalue weighted by Crippen LogP contribution is -1.82. The highest BCUT2D eigenvalue weighted by Gasteiger charge is 2.02. The van der Waals surface area contributed by atoms with E-state index in [1.807, 2.05) is 0 Å². The van der Waals surface area contributed by atoms with Crippen molar-refractivity contribution in [3.8, 4) is 11.1 Å². The Bertz CT molecular complexity index is 477. The summed E-state index contributed by atoms with van der Waals surface area (Å²) in [5.74, 6) is -0.617. The van der Waals surface area contributed by atoms with E-state index in [0.717, 1.165) is 11.1 Å². The summed E-state index contributed by atoms with van der Waals surface area (Å²) in [4.78, 5) is 0. The van der Waals surface area contributed by atoms with Crippen LogP contribution in [0.1, 0.15) is 0 Å². The van der Waals surface area contributed by atoms with Crippen molar-refractivity contribution in [1.82, 2.24) is 0 Å². The predicted molar refractivity (Wildman–Crippen MR) is 59.5 cm³/mol. The Morgan fingerprint density at radius 2 is 1.40 bits per heavy atom. The molecular weight excluding hydrogens is 262 g/mol. The molecule has 76 valence electrons. The SMILES string of the molecule is Fc1ccc(-c2ccc(Br)c(F)c2)cc1. The maximum absolute atomic E-state index is 13.2. The van der Waals surface area contributed by atoms with Crippen LogP contribution in [0.5, 0.6) is 0 Å². The molecule has 0 amide bonds. The van der Waals surface area contributed by atoms with Gasteiger partial charge in [-0.2, -0.15) is 0 Å². The van der Waals surface area contributed by atoms with Crippen LogP contribution in [0.25, 0.3) is 11.1 Å². The van der Waals surface area contributed by atoms with Crippen molar-refractivity contribution >= 4 is 15.9 Å². The molecule has 0 fully saturated rings. The minimum Gasteiger partial charge on any atom is -0.207 e. The van der Waals surface area contributed by atoms with Crippen molar-refractivity contribution in [2.75, 3.05) is 0 Å². The number of hydrogen-bond donors (Lipinski definition) is 0. The van der Waals surface area contributed by atoms with Crippen LogP contribution in [-0.2, 0) is 0 Å². The maximum atomic E-state index is 13.2. The van der Waals surface area contributed by atoms with E-state index in [0.29, 0.717) is 4.47 Å². The van der Waals surface area contributed by atoms with Gasteiger partial charge in [0, 0.05) is 0 Å². The van der Waals surface area contributed by atoms with Crippen LogP contribution in [-0.4, -0.2) is 0 Å². The summed E-state index contributed by atoms with van der Waals surface area (Å²) < 4.78 is 26.3. The highest BCUT2D eigenvalue weighted by molar-refractivity contribution is 9.10. The first-order valence-corrected chi connectivity index (χ1v) is 5.17. The minimum absolute atomic E-state index is 0.295. The van der Waals surface area contributed by atoms with Crippen LogP contribution in [0, 0.1) is 11.6 Å². The van der Waals surface area contributed by atoms with Gasteiger partial charge in [-0.1, -0.05) is 18.2 Å². The molecule has 0 N–H and O–H groups in total. The van der Waals surface area contributed by atoms with Gasteiger partial charge in [0.25, 0.3) is 0 Å². The van der Waals surface area contributed by atoms with E-state index in [-0.39, 0.29) is 11.6 Å². The summed E-state index contributed by atoms with van der Waals surface area (Å²) in [6.45, 7) is 0. The summed E-state index contributed by atoms with van der Waals surface area (Å²) in [6, 6.07) is 10.8. The molecule has 0 nitrogen and oxygen atoms in total. The van der Waals surface area contributed by atoms with Crippen molar-refractivity contribution < 1.29 is 8.78 Å². The molecule has 0 bridgehead atoms. The lowest BCUT2D eigenvalue weighted by molar-refractivity contribution is 0.621. The molecular formula is C12H7BrF2. The lowest BCUT2D eigenvalue weighted by atomic mass is 10.1. The zero-order valence-corrected chi connectivity index (χ0v) is 9.26. The van der Waals surface area contributed by atoms with Gasteiger partial charge in [-0.25, -0.2) is 8.78 Å². The van der Waals surface area contributed by atoms with Gasteiger partial charge < -0.3 is 0 Å². The summed E-state index contributed by atoms with van der Waals surface area (Å²) >= 11 is 3.08. The van der Waals surface area contributed by atoms with E-state index in [1.165, 1.54) is 18.2 Å². The Morgan fingerprint density at radius 3 is 2.00 bits per heavy atom. The van der Waals surface area contributed by atoms with Gasteiger partial charge in [0.15, 0.2) is 0 Å². The third-order valence-electron chi connectivity index (χ3n) is 2.10. The molecule has 2 aromatic rings. The van der Waals surface area contributed by atoms with E-state index in [4.69, 9.17) is 0 Å². The fourth-order valence-electron chi connectivity index (χ4n) is 1.32. The number of benzene rings is 2. The van der Waals surface area contributed by atoms with E-state index in [1.54, 1.807) is 24.3 Å². The minimum atomic E-state index is -0.322. The molecule has 3 heteroatoms. The molecule has 0 aliphatic rings. The Balaban J connectivity index is 2.45. The Labute approximate surface area is 94.7 Å². The van der Waals surface area contributed by atoms with Crippen LogP contribution >= 0.6 is 15.9 Å². The molecule has 0 saturated carbocycles. The molecule has 0 spiro atoms. The van der Waals surface area contributed by atoms with Gasteiger partial charge >= 0.3 is 0 Å². The zero-order valence-electron chi connectivity index (χ0n) is 7.68. The molecule has 0 aliphatic carbocycles. The monoisotopic (exact) mass is 268 g/mol. The Morgan fingerprint density at radius 1 is 0.800 bits per heavy atom. The Kier molecular flexibility index (Phi) is 2.82. The normalized spacial score (nSPS) is 10.3. The van der Waals surface area contributed by atoms with Crippen molar-refractivity contribution in [1.29, 1.82) is 0 Å². The molecule has 0 aromatic heterocycles. The summed E-state index contributed by atoms with van der Waals surface area (Å²) in [5.41, 5.74) is 1.53. The van der Waals surface area contributed by atoms with Gasteiger partial charge in [0.2, 0.25) is 0 Å². The topological polar surface area (TPSA) is 0 Å². The van der Waals surface area contributed by atoms with Gasteiger partial charge in [-0.3, -0.25) is 0 Å². The van der Waals surface area contributed by atoms with Crippen molar-refractivity contribution in [2.45, 2.75) is 0 Å². The second-order valence-corrected chi connectivity index (χ2v) is 3.99. The van der Waals surface area contributed by atoms with Gasteiger partial charge in [-0.15, -0.1) is 0 Å². The quantitative estimate of drug-likeness (QED) is 0.720. The van der Waals surface area contributed by atoms with Crippen molar-refractivity contribution in [3.05, 3.63) is 58.6 Å². The van der Waals surface area contributed by atoms with Crippen LogP contribution < -0.4 is 0 Å². The maximum Gasteiger partial charge on any atom is 0.137 e. The smallest absolute Gasteiger partial charge is 0.137 e. The standard InChI is InChI=1S/C12H7BrF2/c13-11-6-3-9(7-12(11)15)8-1-4-10(14)5-2-8/h1-7H. The van der Waals surface area contributed by atoms with Crippen LogP contribution in [0.2, 0.25) is 0 Å². The lowest BCUT2D eigenvalue weighted by Gasteiger charge is -2.02. The first-order valence-electron chi connectivity index (χ1n) is 4.38. The molecule has 2 aromatic carbocycles. The van der Waals surface area contributed by atoms with E-state index in [9.17, 15) is 8.78 Å². The molecule has 15 heavy (non-hydrogen) atoms. The number of hydrogen-bond acceptors (Lipinski definition) is 0. The Hall–Kier alpha value is -1.22. The van der Waals surface area contributed by atoms with Crippen molar-refractivity contribution in [3.63, 3.8) is 0 Å². The summed E-state index contributed by atoms with van der Waals surface area (Å²) in [5, 5.41) is 0. The van der Waals surface area contributed by atoms with Gasteiger partial charge in [0.05, 0.1) is 4.47 Å². The first-order chi connectivity index (χ1) is 7.16. The molecule has 0 radical (unpaired) electrons. The second-order valence-electron chi connectivity index (χ2n) is 3.14. The largest absolute Gasteiger partial charge is 0.207 e. The average Bonchev–Trinajstić information content (AvgIpc) is 2.23. The zero-order chi connectivity index (χ0) is 10.8. The molecule has 0 unspecified atom stereocenters. The number of halogens is 3.